The molecule has 4 rings (SSSR count). The molecule has 0 radical (unpaired) electrons. The highest BCUT2D eigenvalue weighted by Crippen LogP contribution is 2.67. The van der Waals surface area contributed by atoms with Gasteiger partial charge in [0.05, 0.1) is 6.10 Å². The minimum atomic E-state index is -0.0800. The average molecular weight is 413 g/mol. The number of hydrogen-bond donors (Lipinski definition) is 1. The molecule has 0 saturated heterocycles. The van der Waals surface area contributed by atoms with Crippen LogP contribution in [-0.4, -0.2) is 11.2 Å². The second-order valence-electron chi connectivity index (χ2n) is 12.7. The fourth-order valence-corrected chi connectivity index (χ4v) is 8.56. The van der Waals surface area contributed by atoms with E-state index in [2.05, 4.69) is 66.7 Å². The SMILES string of the molecule is CC(C)C(C)/C=C/[C@@H](C)[C@H]1CC[C@H]2C3=CC[C@H]4[C@H](C)[C@@H](O)CC[C@]4(C)[C@H]3CC[C@]12C. The second kappa shape index (κ2) is 8.09. The lowest BCUT2D eigenvalue weighted by Gasteiger charge is -2.59. The smallest absolute Gasteiger partial charge is 0.0568 e. The van der Waals surface area contributed by atoms with E-state index in [-0.39, 0.29) is 6.10 Å². The molecule has 3 saturated carbocycles. The molecule has 1 N–H and O–H groups in total. The fraction of sp³-hybridized carbons (Fsp3) is 0.862. The van der Waals surface area contributed by atoms with Crippen LogP contribution in [0, 0.1) is 58.2 Å². The lowest BCUT2D eigenvalue weighted by Crippen LogP contribution is -2.52. The molecule has 0 amide bonds. The van der Waals surface area contributed by atoms with Crippen molar-refractivity contribution < 1.29 is 5.11 Å². The Bertz CT molecular complexity index is 688. The van der Waals surface area contributed by atoms with Crippen molar-refractivity contribution in [2.45, 2.75) is 99.5 Å². The highest BCUT2D eigenvalue weighted by atomic mass is 16.3. The Hall–Kier alpha value is -0.560. The summed E-state index contributed by atoms with van der Waals surface area (Å²) in [5.41, 5.74) is 2.75. The van der Waals surface area contributed by atoms with E-state index in [1.807, 2.05) is 5.57 Å². The van der Waals surface area contributed by atoms with Crippen LogP contribution in [0.3, 0.4) is 0 Å². The molecule has 0 aromatic carbocycles. The largest absolute Gasteiger partial charge is 0.393 e. The first-order valence-corrected chi connectivity index (χ1v) is 13.2. The van der Waals surface area contributed by atoms with Gasteiger partial charge in [-0.15, -0.1) is 0 Å². The number of allylic oxidation sites excluding steroid dienone is 4. The third-order valence-corrected chi connectivity index (χ3v) is 11.1. The molecule has 3 fully saturated rings. The Morgan fingerprint density at radius 1 is 0.933 bits per heavy atom. The van der Waals surface area contributed by atoms with Crippen molar-refractivity contribution in [3.8, 4) is 0 Å². The topological polar surface area (TPSA) is 20.2 Å². The molecule has 0 aromatic rings. The van der Waals surface area contributed by atoms with Gasteiger partial charge in [0.25, 0.3) is 0 Å². The van der Waals surface area contributed by atoms with Crippen LogP contribution in [0.2, 0.25) is 0 Å². The van der Waals surface area contributed by atoms with E-state index in [0.717, 1.165) is 30.1 Å². The van der Waals surface area contributed by atoms with Gasteiger partial charge < -0.3 is 5.11 Å². The summed E-state index contributed by atoms with van der Waals surface area (Å²) in [7, 11) is 0. The average Bonchev–Trinajstić information content (AvgIpc) is 3.06. The van der Waals surface area contributed by atoms with Gasteiger partial charge in [-0.2, -0.15) is 0 Å². The number of rotatable bonds is 4. The molecule has 0 heterocycles. The van der Waals surface area contributed by atoms with Gasteiger partial charge in [0.2, 0.25) is 0 Å². The number of fused-ring (bicyclic) bond motifs is 5. The van der Waals surface area contributed by atoms with E-state index >= 15 is 0 Å². The second-order valence-corrected chi connectivity index (χ2v) is 12.7. The van der Waals surface area contributed by atoms with Gasteiger partial charge in [-0.3, -0.25) is 0 Å². The third kappa shape index (κ3) is 3.46. The van der Waals surface area contributed by atoms with Crippen LogP contribution < -0.4 is 0 Å². The molecule has 1 unspecified atom stereocenters. The maximum absolute atomic E-state index is 10.5. The summed E-state index contributed by atoms with van der Waals surface area (Å²) in [6.45, 7) is 17.1. The minimum Gasteiger partial charge on any atom is -0.393 e. The standard InChI is InChI=1S/C29H48O/c1-18(2)19(3)8-9-20(4)23-12-13-25-22-10-11-24-21(5)27(30)15-17-29(24,7)26(22)14-16-28(23,25)6/h8-10,18-21,23-27,30H,11-17H2,1-7H3/b9-8+/t19?,20-,21+,23-,24+,25+,26+,27+,28-,29+/m1/s1. The van der Waals surface area contributed by atoms with Crippen LogP contribution in [0.5, 0.6) is 0 Å². The lowest BCUT2D eigenvalue weighted by atomic mass is 9.46. The third-order valence-electron chi connectivity index (χ3n) is 11.1. The molecular formula is C29H48O. The Labute approximate surface area is 186 Å². The Balaban J connectivity index is 1.56. The van der Waals surface area contributed by atoms with E-state index in [9.17, 15) is 5.11 Å². The molecule has 0 aromatic heterocycles. The summed E-state index contributed by atoms with van der Waals surface area (Å²) < 4.78 is 0. The van der Waals surface area contributed by atoms with Crippen molar-refractivity contribution in [1.29, 1.82) is 0 Å². The summed E-state index contributed by atoms with van der Waals surface area (Å²) in [5, 5.41) is 10.5. The predicted molar refractivity (Wildman–Crippen MR) is 128 cm³/mol. The van der Waals surface area contributed by atoms with Gasteiger partial charge >= 0.3 is 0 Å². The van der Waals surface area contributed by atoms with Crippen LogP contribution >= 0.6 is 0 Å². The van der Waals surface area contributed by atoms with Gasteiger partial charge in [-0.05, 0) is 103 Å². The Kier molecular flexibility index (Phi) is 6.10. The van der Waals surface area contributed by atoms with Crippen LogP contribution in [0.15, 0.2) is 23.8 Å². The molecule has 10 atom stereocenters. The first kappa shape index (κ1) is 22.6. The highest BCUT2D eigenvalue weighted by Gasteiger charge is 2.58. The number of aliphatic hydroxyl groups is 1. The van der Waals surface area contributed by atoms with Gasteiger partial charge in [-0.25, -0.2) is 0 Å². The van der Waals surface area contributed by atoms with Crippen molar-refractivity contribution in [2.75, 3.05) is 0 Å². The Morgan fingerprint density at radius 2 is 1.60 bits per heavy atom. The lowest BCUT2D eigenvalue weighted by molar-refractivity contribution is -0.0767. The van der Waals surface area contributed by atoms with Crippen molar-refractivity contribution >= 4 is 0 Å². The normalized spacial score (nSPS) is 48.1. The molecule has 0 spiro atoms. The molecule has 4 aliphatic carbocycles. The van der Waals surface area contributed by atoms with Crippen molar-refractivity contribution in [2.24, 2.45) is 58.2 Å². The monoisotopic (exact) mass is 412 g/mol. The van der Waals surface area contributed by atoms with Gasteiger partial charge in [-0.1, -0.05) is 72.3 Å². The van der Waals surface area contributed by atoms with Crippen LogP contribution in [0.25, 0.3) is 0 Å². The van der Waals surface area contributed by atoms with Gasteiger partial charge in [0.1, 0.15) is 0 Å². The molecule has 1 nitrogen and oxygen atoms in total. The predicted octanol–water partition coefficient (Wildman–Crippen LogP) is 7.66. The number of aliphatic hydroxyl groups excluding tert-OH is 1. The molecule has 30 heavy (non-hydrogen) atoms. The van der Waals surface area contributed by atoms with Crippen LogP contribution in [0.1, 0.15) is 93.4 Å². The molecule has 4 aliphatic rings. The van der Waals surface area contributed by atoms with Gasteiger partial charge in [0, 0.05) is 0 Å². The molecular weight excluding hydrogens is 364 g/mol. The van der Waals surface area contributed by atoms with E-state index < -0.39 is 0 Å². The van der Waals surface area contributed by atoms with Crippen LogP contribution in [0.4, 0.5) is 0 Å². The maximum atomic E-state index is 10.5. The van der Waals surface area contributed by atoms with E-state index in [1.54, 1.807) is 0 Å². The van der Waals surface area contributed by atoms with Crippen molar-refractivity contribution in [3.05, 3.63) is 23.8 Å². The Morgan fingerprint density at radius 3 is 2.30 bits per heavy atom. The van der Waals surface area contributed by atoms with E-state index in [4.69, 9.17) is 0 Å². The highest BCUT2D eigenvalue weighted by molar-refractivity contribution is 5.28. The minimum absolute atomic E-state index is 0.0800. The fourth-order valence-electron chi connectivity index (χ4n) is 8.56. The zero-order chi connectivity index (χ0) is 21.8. The summed E-state index contributed by atoms with van der Waals surface area (Å²) in [6.07, 6.45) is 16.7. The quantitative estimate of drug-likeness (QED) is 0.470. The zero-order valence-electron chi connectivity index (χ0n) is 20.8. The molecule has 170 valence electrons. The van der Waals surface area contributed by atoms with Crippen molar-refractivity contribution in [1.82, 2.24) is 0 Å². The summed E-state index contributed by atoms with van der Waals surface area (Å²) in [4.78, 5) is 0. The summed E-state index contributed by atoms with van der Waals surface area (Å²) in [6, 6.07) is 0. The summed E-state index contributed by atoms with van der Waals surface area (Å²) >= 11 is 0. The van der Waals surface area contributed by atoms with E-state index in [0.29, 0.717) is 34.5 Å². The maximum Gasteiger partial charge on any atom is 0.0568 e. The molecule has 0 aliphatic heterocycles. The zero-order valence-corrected chi connectivity index (χ0v) is 20.8. The number of hydrogen-bond acceptors (Lipinski definition) is 1. The summed E-state index contributed by atoms with van der Waals surface area (Å²) in [5.74, 6) is 5.64. The van der Waals surface area contributed by atoms with Gasteiger partial charge in [0.15, 0.2) is 0 Å². The molecule has 0 bridgehead atoms. The van der Waals surface area contributed by atoms with Crippen LogP contribution in [-0.2, 0) is 0 Å². The first-order valence-electron chi connectivity index (χ1n) is 13.2. The molecule has 1 heteroatoms. The first-order chi connectivity index (χ1) is 14.1. The van der Waals surface area contributed by atoms with E-state index in [1.165, 1.54) is 38.5 Å². The van der Waals surface area contributed by atoms with Crippen molar-refractivity contribution in [3.63, 3.8) is 0 Å².